The van der Waals surface area contributed by atoms with Crippen molar-refractivity contribution in [2.45, 2.75) is 0 Å². The molecule has 0 radical (unpaired) electrons. The van der Waals surface area contributed by atoms with Crippen molar-refractivity contribution in [2.24, 2.45) is 0 Å². The highest BCUT2D eigenvalue weighted by molar-refractivity contribution is 6.11. The second kappa shape index (κ2) is 6.04. The van der Waals surface area contributed by atoms with Crippen molar-refractivity contribution in [1.29, 1.82) is 5.41 Å². The minimum Gasteiger partial charge on any atom is -0.504 e. The van der Waals surface area contributed by atoms with E-state index in [1.54, 1.807) is 0 Å². The normalized spacial score (nSPS) is 10.0. The number of aromatic hydroxyl groups is 1. The molecule has 3 N–H and O–H groups in total. The second-order valence-electron chi connectivity index (χ2n) is 4.22. The highest BCUT2D eigenvalue weighted by Gasteiger charge is 2.11. The lowest BCUT2D eigenvalue weighted by Gasteiger charge is -2.09. The zero-order valence-corrected chi connectivity index (χ0v) is 11.2. The van der Waals surface area contributed by atoms with E-state index in [1.165, 1.54) is 37.4 Å². The van der Waals surface area contributed by atoms with Crippen molar-refractivity contribution in [3.05, 3.63) is 59.4 Å². The Balaban J connectivity index is 2.12. The number of benzene rings is 2. The van der Waals surface area contributed by atoms with Gasteiger partial charge in [-0.1, -0.05) is 0 Å². The van der Waals surface area contributed by atoms with Gasteiger partial charge in [-0.15, -0.1) is 0 Å². The Labute approximate surface area is 120 Å². The van der Waals surface area contributed by atoms with E-state index < -0.39 is 11.7 Å². The maximum Gasteiger partial charge on any atom is 0.256 e. The van der Waals surface area contributed by atoms with Crippen molar-refractivity contribution in [3.8, 4) is 11.5 Å². The van der Waals surface area contributed by atoms with Gasteiger partial charge in [-0.2, -0.15) is 0 Å². The van der Waals surface area contributed by atoms with Crippen molar-refractivity contribution >= 4 is 11.7 Å². The van der Waals surface area contributed by atoms with Crippen LogP contribution >= 0.6 is 0 Å². The third-order valence-electron chi connectivity index (χ3n) is 2.81. The minimum absolute atomic E-state index is 0.129. The number of hydrogen-bond donors (Lipinski definition) is 3. The van der Waals surface area contributed by atoms with E-state index in [0.29, 0.717) is 5.56 Å². The maximum atomic E-state index is 12.8. The topological polar surface area (TPSA) is 82.4 Å². The summed E-state index contributed by atoms with van der Waals surface area (Å²) in [6.45, 7) is 0. The number of rotatable bonds is 3. The third kappa shape index (κ3) is 3.36. The van der Waals surface area contributed by atoms with Crippen LogP contribution in [0.3, 0.4) is 0 Å². The number of phenolic OH excluding ortho intramolecular Hbond substituents is 1. The fraction of sp³-hybridized carbons (Fsp3) is 0.0667. The zero-order chi connectivity index (χ0) is 15.4. The van der Waals surface area contributed by atoms with Gasteiger partial charge in [0.25, 0.3) is 5.91 Å². The second-order valence-corrected chi connectivity index (χ2v) is 4.22. The van der Waals surface area contributed by atoms with Crippen LogP contribution in [0.5, 0.6) is 11.5 Å². The molecule has 0 atom stereocenters. The van der Waals surface area contributed by atoms with Crippen LogP contribution in [0.15, 0.2) is 42.5 Å². The quantitative estimate of drug-likeness (QED) is 0.598. The monoisotopic (exact) mass is 288 g/mol. The van der Waals surface area contributed by atoms with Gasteiger partial charge in [0.2, 0.25) is 0 Å². The molecule has 0 aromatic heterocycles. The number of halogens is 1. The summed E-state index contributed by atoms with van der Waals surface area (Å²) in [7, 11) is 1.41. The zero-order valence-electron chi connectivity index (χ0n) is 11.2. The van der Waals surface area contributed by atoms with Crippen LogP contribution in [0.4, 0.5) is 4.39 Å². The molecule has 0 aliphatic rings. The summed E-state index contributed by atoms with van der Waals surface area (Å²) in [4.78, 5) is 11.9. The Hall–Kier alpha value is -2.89. The molecular formula is C15H13FN2O3. The van der Waals surface area contributed by atoms with E-state index in [4.69, 9.17) is 10.1 Å². The lowest BCUT2D eigenvalue weighted by atomic mass is 10.1. The molecule has 2 aromatic carbocycles. The molecule has 108 valence electrons. The van der Waals surface area contributed by atoms with E-state index in [1.807, 2.05) is 0 Å². The molecule has 0 saturated carbocycles. The van der Waals surface area contributed by atoms with Gasteiger partial charge in [0, 0.05) is 11.1 Å². The first-order chi connectivity index (χ1) is 10.0. The summed E-state index contributed by atoms with van der Waals surface area (Å²) < 4.78 is 17.7. The Kier molecular flexibility index (Phi) is 4.18. The fourth-order valence-electron chi connectivity index (χ4n) is 1.70. The molecule has 21 heavy (non-hydrogen) atoms. The predicted molar refractivity (Wildman–Crippen MR) is 75.4 cm³/mol. The number of amides is 1. The smallest absolute Gasteiger partial charge is 0.256 e. The van der Waals surface area contributed by atoms with Crippen LogP contribution in [0.25, 0.3) is 0 Å². The third-order valence-corrected chi connectivity index (χ3v) is 2.81. The molecular weight excluding hydrogens is 275 g/mol. The molecule has 2 aromatic rings. The molecule has 5 nitrogen and oxygen atoms in total. The molecule has 0 heterocycles. The van der Waals surface area contributed by atoms with Gasteiger partial charge in [0.05, 0.1) is 7.11 Å². The van der Waals surface area contributed by atoms with Crippen molar-refractivity contribution in [2.75, 3.05) is 7.11 Å². The number of carbonyl (C=O) groups is 1. The summed E-state index contributed by atoms with van der Waals surface area (Å²) in [6.07, 6.45) is 0. The van der Waals surface area contributed by atoms with Crippen LogP contribution in [0.2, 0.25) is 0 Å². The number of nitrogens with one attached hydrogen (secondary N) is 2. The summed E-state index contributed by atoms with van der Waals surface area (Å²) in [5.74, 6) is -1.01. The molecule has 0 aliphatic heterocycles. The molecule has 6 heteroatoms. The molecule has 0 unspecified atom stereocenters. The molecule has 0 fully saturated rings. The highest BCUT2D eigenvalue weighted by Crippen LogP contribution is 2.26. The van der Waals surface area contributed by atoms with Crippen molar-refractivity contribution in [1.82, 2.24) is 5.32 Å². The standard InChI is InChI=1S/C15H13FN2O3/c1-21-13-7-4-10(8-12(13)19)14(17)18-15(20)9-2-5-11(16)6-3-9/h2-8,19H,1H3,(H2,17,18,20). The van der Waals surface area contributed by atoms with Crippen LogP contribution in [-0.2, 0) is 0 Å². The van der Waals surface area contributed by atoms with Crippen LogP contribution < -0.4 is 10.1 Å². The summed E-state index contributed by atoms with van der Waals surface area (Å²) in [5.41, 5.74) is 0.558. The van der Waals surface area contributed by atoms with Gasteiger partial charge in [-0.25, -0.2) is 4.39 Å². The molecule has 0 spiro atoms. The number of carbonyl (C=O) groups excluding carboxylic acids is 1. The van der Waals surface area contributed by atoms with Crippen LogP contribution in [0, 0.1) is 11.2 Å². The lowest BCUT2D eigenvalue weighted by molar-refractivity contribution is 0.0977. The molecule has 0 aliphatic carbocycles. The van der Waals surface area contributed by atoms with Gasteiger partial charge in [0.15, 0.2) is 11.5 Å². The predicted octanol–water partition coefficient (Wildman–Crippen LogP) is 2.30. The highest BCUT2D eigenvalue weighted by atomic mass is 19.1. The van der Waals surface area contributed by atoms with E-state index in [0.717, 1.165) is 12.1 Å². The maximum absolute atomic E-state index is 12.8. The van der Waals surface area contributed by atoms with Gasteiger partial charge < -0.3 is 15.2 Å². The average Bonchev–Trinajstić information content (AvgIpc) is 2.47. The lowest BCUT2D eigenvalue weighted by Crippen LogP contribution is -2.30. The van der Waals surface area contributed by atoms with Crippen molar-refractivity contribution < 1.29 is 19.0 Å². The van der Waals surface area contributed by atoms with E-state index in [2.05, 4.69) is 5.32 Å². The Morgan fingerprint density at radius 2 is 1.81 bits per heavy atom. The minimum atomic E-state index is -0.532. The first-order valence-electron chi connectivity index (χ1n) is 6.04. The Morgan fingerprint density at radius 3 is 2.38 bits per heavy atom. The molecule has 0 saturated heterocycles. The van der Waals surface area contributed by atoms with Crippen molar-refractivity contribution in [3.63, 3.8) is 0 Å². The number of ether oxygens (including phenoxy) is 1. The van der Waals surface area contributed by atoms with Gasteiger partial charge in [0.1, 0.15) is 11.7 Å². The van der Waals surface area contributed by atoms with Gasteiger partial charge in [-0.05, 0) is 42.5 Å². The van der Waals surface area contributed by atoms with Crippen LogP contribution in [-0.4, -0.2) is 24.0 Å². The first kappa shape index (κ1) is 14.5. The van der Waals surface area contributed by atoms with Gasteiger partial charge in [-0.3, -0.25) is 10.2 Å². The Morgan fingerprint density at radius 1 is 1.19 bits per heavy atom. The molecule has 1 amide bonds. The van der Waals surface area contributed by atoms with E-state index in [-0.39, 0.29) is 22.9 Å². The fourth-order valence-corrected chi connectivity index (χ4v) is 1.70. The first-order valence-corrected chi connectivity index (χ1v) is 6.04. The van der Waals surface area contributed by atoms with Gasteiger partial charge >= 0.3 is 0 Å². The molecule has 2 rings (SSSR count). The number of phenols is 1. The Bertz CT molecular complexity index is 684. The van der Waals surface area contributed by atoms with Crippen LogP contribution in [0.1, 0.15) is 15.9 Å². The van der Waals surface area contributed by atoms with E-state index in [9.17, 15) is 14.3 Å². The summed E-state index contributed by atoms with van der Waals surface area (Å²) >= 11 is 0. The molecule has 0 bridgehead atoms. The SMILES string of the molecule is COc1ccc(C(=N)NC(=O)c2ccc(F)cc2)cc1O. The summed E-state index contributed by atoms with van der Waals surface area (Å²) in [5, 5.41) is 19.8. The number of hydrogen-bond acceptors (Lipinski definition) is 4. The van der Waals surface area contributed by atoms with E-state index >= 15 is 0 Å². The summed E-state index contributed by atoms with van der Waals surface area (Å²) in [6, 6.07) is 9.31. The largest absolute Gasteiger partial charge is 0.504 e. The number of amidine groups is 1. The average molecular weight is 288 g/mol. The number of methoxy groups -OCH3 is 1.